The number of halogens is 1. The van der Waals surface area contributed by atoms with Crippen LogP contribution in [0.5, 0.6) is 0 Å². The molecule has 0 aliphatic carbocycles. The maximum atomic E-state index is 13.1. The summed E-state index contributed by atoms with van der Waals surface area (Å²) in [6, 6.07) is 0. The summed E-state index contributed by atoms with van der Waals surface area (Å²) in [6.45, 7) is 5.48. The van der Waals surface area contributed by atoms with Crippen LogP contribution in [0, 0.1) is 5.92 Å². The fourth-order valence-corrected chi connectivity index (χ4v) is 1.38. The molecule has 1 rings (SSSR count). The largest absolute Gasteiger partial charge is 0.387 e. The molecule has 4 unspecified atom stereocenters. The zero-order valence-corrected chi connectivity index (χ0v) is 7.12. The highest BCUT2D eigenvalue weighted by molar-refractivity contribution is 4.89. The molecule has 0 bridgehead atoms. The minimum absolute atomic E-state index is 0.129. The Hall–Kier alpha value is -0.150. The molecule has 0 aromatic heterocycles. The number of rotatable bonds is 1. The Labute approximate surface area is 66.4 Å². The van der Waals surface area contributed by atoms with Crippen LogP contribution in [0.4, 0.5) is 4.39 Å². The summed E-state index contributed by atoms with van der Waals surface area (Å²) < 4.78 is 18.3. The molecule has 2 nitrogen and oxygen atoms in total. The van der Waals surface area contributed by atoms with Crippen LogP contribution in [0.25, 0.3) is 0 Å². The van der Waals surface area contributed by atoms with E-state index in [4.69, 9.17) is 4.74 Å². The molecule has 11 heavy (non-hydrogen) atoms. The van der Waals surface area contributed by atoms with Crippen molar-refractivity contribution in [2.45, 2.75) is 45.3 Å². The Kier molecular flexibility index (Phi) is 2.50. The van der Waals surface area contributed by atoms with Crippen molar-refractivity contribution >= 4 is 0 Å². The lowest BCUT2D eigenvalue weighted by Crippen LogP contribution is -2.30. The van der Waals surface area contributed by atoms with Crippen molar-refractivity contribution in [1.29, 1.82) is 0 Å². The van der Waals surface area contributed by atoms with Gasteiger partial charge in [-0.3, -0.25) is 0 Å². The highest BCUT2D eigenvalue weighted by Crippen LogP contribution is 2.28. The third-order valence-corrected chi connectivity index (χ3v) is 2.15. The molecule has 1 saturated heterocycles. The fourth-order valence-electron chi connectivity index (χ4n) is 1.38. The zero-order chi connectivity index (χ0) is 8.59. The van der Waals surface area contributed by atoms with Crippen LogP contribution in [0.2, 0.25) is 0 Å². The average Bonchev–Trinajstić information content (AvgIpc) is 2.17. The van der Waals surface area contributed by atoms with Gasteiger partial charge in [0.2, 0.25) is 0 Å². The van der Waals surface area contributed by atoms with Crippen molar-refractivity contribution in [3.63, 3.8) is 0 Å². The van der Waals surface area contributed by atoms with E-state index in [2.05, 4.69) is 0 Å². The van der Waals surface area contributed by atoms with Crippen LogP contribution in [-0.4, -0.2) is 29.6 Å². The molecule has 0 spiro atoms. The van der Waals surface area contributed by atoms with E-state index in [0.29, 0.717) is 0 Å². The van der Waals surface area contributed by atoms with Gasteiger partial charge in [-0.15, -0.1) is 0 Å². The molecule has 3 heteroatoms. The van der Waals surface area contributed by atoms with Gasteiger partial charge in [-0.25, -0.2) is 4.39 Å². The lowest BCUT2D eigenvalue weighted by molar-refractivity contribution is 0.00144. The van der Waals surface area contributed by atoms with Gasteiger partial charge in [-0.2, -0.15) is 0 Å². The van der Waals surface area contributed by atoms with Crippen molar-refractivity contribution < 1.29 is 14.2 Å². The average molecular weight is 162 g/mol. The number of ether oxygens (including phenoxy) is 1. The Morgan fingerprint density at radius 1 is 1.45 bits per heavy atom. The quantitative estimate of drug-likeness (QED) is 0.626. The van der Waals surface area contributed by atoms with Gasteiger partial charge < -0.3 is 9.84 Å². The van der Waals surface area contributed by atoms with Gasteiger partial charge in [0.1, 0.15) is 6.10 Å². The van der Waals surface area contributed by atoms with Gasteiger partial charge in [-0.1, -0.05) is 13.8 Å². The van der Waals surface area contributed by atoms with Crippen molar-refractivity contribution in [3.8, 4) is 0 Å². The van der Waals surface area contributed by atoms with E-state index in [1.807, 2.05) is 13.8 Å². The third-order valence-electron chi connectivity index (χ3n) is 2.15. The molecule has 0 amide bonds. The summed E-state index contributed by atoms with van der Waals surface area (Å²) in [7, 11) is 0. The molecule has 66 valence electrons. The Balaban J connectivity index is 2.59. The molecular weight excluding hydrogens is 147 g/mol. The molecule has 0 aromatic rings. The van der Waals surface area contributed by atoms with Crippen LogP contribution in [-0.2, 0) is 4.74 Å². The second-order valence-corrected chi connectivity index (χ2v) is 3.48. The van der Waals surface area contributed by atoms with E-state index in [1.54, 1.807) is 6.92 Å². The number of aliphatic hydroxyl groups is 1. The molecule has 1 aliphatic heterocycles. The number of hydrogen-bond acceptors (Lipinski definition) is 2. The Morgan fingerprint density at radius 2 is 2.00 bits per heavy atom. The van der Waals surface area contributed by atoms with Gasteiger partial charge in [-0.05, 0) is 12.8 Å². The molecular formula is C8H15FO2. The molecule has 0 radical (unpaired) electrons. The molecule has 1 fully saturated rings. The fraction of sp³-hybridized carbons (Fsp3) is 1.00. The second-order valence-electron chi connectivity index (χ2n) is 3.48. The van der Waals surface area contributed by atoms with Crippen LogP contribution in [0.15, 0.2) is 0 Å². The first-order chi connectivity index (χ1) is 5.04. The minimum atomic E-state index is -1.22. The summed E-state index contributed by atoms with van der Waals surface area (Å²) in [6.07, 6.45) is -2.95. The van der Waals surface area contributed by atoms with Crippen LogP contribution < -0.4 is 0 Å². The lowest BCUT2D eigenvalue weighted by Gasteiger charge is -2.16. The van der Waals surface area contributed by atoms with Crippen LogP contribution in [0.3, 0.4) is 0 Å². The predicted molar refractivity (Wildman–Crippen MR) is 40.1 cm³/mol. The summed E-state index contributed by atoms with van der Waals surface area (Å²) in [5.74, 6) is 0.129. The number of alkyl halides is 1. The summed E-state index contributed by atoms with van der Waals surface area (Å²) in [5, 5.41) is 9.19. The molecule has 0 aromatic carbocycles. The molecule has 4 atom stereocenters. The van der Waals surface area contributed by atoms with Crippen molar-refractivity contribution in [1.82, 2.24) is 0 Å². The van der Waals surface area contributed by atoms with Gasteiger partial charge in [0.15, 0.2) is 6.17 Å². The molecule has 1 heterocycles. The lowest BCUT2D eigenvalue weighted by atomic mass is 10.0. The monoisotopic (exact) mass is 162 g/mol. The molecule has 1 N–H and O–H groups in total. The summed E-state index contributed by atoms with van der Waals surface area (Å²) in [5.41, 5.74) is 0. The smallest absolute Gasteiger partial charge is 0.155 e. The Morgan fingerprint density at radius 3 is 2.18 bits per heavy atom. The molecule has 1 aliphatic rings. The van der Waals surface area contributed by atoms with E-state index in [9.17, 15) is 9.50 Å². The maximum Gasteiger partial charge on any atom is 0.155 e. The number of aliphatic hydroxyl groups excluding tert-OH is 1. The SMILES string of the molecule is CC(C)C1OC(C)C(O)C1F. The van der Waals surface area contributed by atoms with E-state index in [0.717, 1.165) is 0 Å². The molecule has 0 saturated carbocycles. The maximum absolute atomic E-state index is 13.1. The van der Waals surface area contributed by atoms with Crippen LogP contribution >= 0.6 is 0 Å². The first kappa shape index (κ1) is 8.94. The van der Waals surface area contributed by atoms with Gasteiger partial charge in [0.25, 0.3) is 0 Å². The van der Waals surface area contributed by atoms with Gasteiger partial charge in [0, 0.05) is 0 Å². The first-order valence-corrected chi connectivity index (χ1v) is 4.01. The zero-order valence-electron chi connectivity index (χ0n) is 7.12. The van der Waals surface area contributed by atoms with Gasteiger partial charge in [0.05, 0.1) is 12.2 Å². The standard InChI is InChI=1S/C8H15FO2/c1-4(2)8-6(9)7(10)5(3)11-8/h4-8,10H,1-3H3. The third kappa shape index (κ3) is 1.54. The topological polar surface area (TPSA) is 29.5 Å². The van der Waals surface area contributed by atoms with E-state index >= 15 is 0 Å². The van der Waals surface area contributed by atoms with E-state index < -0.39 is 18.4 Å². The number of hydrogen-bond donors (Lipinski definition) is 1. The minimum Gasteiger partial charge on any atom is -0.387 e. The highest BCUT2D eigenvalue weighted by atomic mass is 19.1. The van der Waals surface area contributed by atoms with Crippen molar-refractivity contribution in [2.24, 2.45) is 5.92 Å². The summed E-state index contributed by atoms with van der Waals surface area (Å²) in [4.78, 5) is 0. The predicted octanol–water partition coefficient (Wildman–Crippen LogP) is 1.13. The van der Waals surface area contributed by atoms with Crippen molar-refractivity contribution in [3.05, 3.63) is 0 Å². The normalized spacial score (nSPS) is 45.3. The van der Waals surface area contributed by atoms with Crippen molar-refractivity contribution in [2.75, 3.05) is 0 Å². The highest BCUT2D eigenvalue weighted by Gasteiger charge is 2.42. The first-order valence-electron chi connectivity index (χ1n) is 4.01. The van der Waals surface area contributed by atoms with E-state index in [-0.39, 0.29) is 12.0 Å². The Bertz CT molecular complexity index is 138. The van der Waals surface area contributed by atoms with Gasteiger partial charge >= 0.3 is 0 Å². The van der Waals surface area contributed by atoms with E-state index in [1.165, 1.54) is 0 Å². The summed E-state index contributed by atoms with van der Waals surface area (Å²) >= 11 is 0. The van der Waals surface area contributed by atoms with Crippen LogP contribution in [0.1, 0.15) is 20.8 Å². The second kappa shape index (κ2) is 3.07.